The summed E-state index contributed by atoms with van der Waals surface area (Å²) in [5.41, 5.74) is 0.142. The zero-order valence-corrected chi connectivity index (χ0v) is 25.3. The molecule has 12 heteroatoms. The van der Waals surface area contributed by atoms with Crippen LogP contribution in [0.3, 0.4) is 0 Å². The van der Waals surface area contributed by atoms with Crippen molar-refractivity contribution in [2.24, 2.45) is 10.8 Å². The van der Waals surface area contributed by atoms with E-state index in [9.17, 15) is 42.8 Å². The van der Waals surface area contributed by atoms with Crippen LogP contribution in [0.25, 0.3) is 0 Å². The van der Waals surface area contributed by atoms with Crippen molar-refractivity contribution in [3.05, 3.63) is 86.2 Å². The molecule has 1 N–H and O–H groups in total. The average Bonchev–Trinajstić information content (AvgIpc) is 2.90. The third-order valence-electron chi connectivity index (χ3n) is 8.50. The first-order valence-electron chi connectivity index (χ1n) is 14.5. The number of carbonyl (C=O) groups excluding carboxylic acids is 2. The predicted molar refractivity (Wildman–Crippen MR) is 156 cm³/mol. The zero-order valence-electron chi connectivity index (χ0n) is 25.3. The quantitative estimate of drug-likeness (QED) is 0.246. The van der Waals surface area contributed by atoms with E-state index in [2.05, 4.69) is 0 Å². The molecule has 0 spiro atoms. The van der Waals surface area contributed by atoms with Crippen LogP contribution in [0.2, 0.25) is 0 Å². The minimum atomic E-state index is -4.77. The van der Waals surface area contributed by atoms with E-state index in [1.54, 1.807) is 12.1 Å². The lowest BCUT2D eigenvalue weighted by Crippen LogP contribution is -2.45. The highest BCUT2D eigenvalue weighted by Gasteiger charge is 2.49. The average molecular weight is 627 g/mol. The molecular weight excluding hydrogens is 593 g/mol. The Bertz CT molecular complexity index is 1620. The number of benzene rings is 2. The summed E-state index contributed by atoms with van der Waals surface area (Å²) in [6.07, 6.45) is -3.44. The molecule has 1 heterocycles. The van der Waals surface area contributed by atoms with Gasteiger partial charge in [-0.25, -0.2) is 0 Å². The Morgan fingerprint density at radius 1 is 0.956 bits per heavy atom. The molecule has 0 unspecified atom stereocenters. The normalized spacial score (nSPS) is 19.8. The molecule has 5 rings (SSSR count). The zero-order chi connectivity index (χ0) is 33.1. The largest absolute Gasteiger partial charge is 0.481 e. The summed E-state index contributed by atoms with van der Waals surface area (Å²) in [4.78, 5) is 51.7. The number of nitro groups is 1. The SMILES string of the molecule is CC1(C)CC(=O)C2=C(C1)N(CCC(=O)O)C1=C(C(=O)CC(C)(C)C1)C2c1ccc(Oc2ccc(C(F)(F)F)cc2[N+](=O)[O-])cc1. The molecule has 1 aliphatic heterocycles. The van der Waals surface area contributed by atoms with Crippen LogP contribution in [-0.2, 0) is 20.6 Å². The lowest BCUT2D eigenvalue weighted by Gasteiger charge is -2.49. The van der Waals surface area contributed by atoms with Crippen LogP contribution >= 0.6 is 0 Å². The van der Waals surface area contributed by atoms with Gasteiger partial charge in [-0.15, -0.1) is 0 Å². The number of halogens is 3. The highest BCUT2D eigenvalue weighted by atomic mass is 19.4. The Hall–Kier alpha value is -4.48. The van der Waals surface area contributed by atoms with Gasteiger partial charge in [-0.1, -0.05) is 39.8 Å². The Morgan fingerprint density at radius 2 is 1.49 bits per heavy atom. The second-order valence-corrected chi connectivity index (χ2v) is 13.4. The van der Waals surface area contributed by atoms with Gasteiger partial charge in [0, 0.05) is 53.9 Å². The molecule has 0 atom stereocenters. The number of ether oxygens (including phenoxy) is 1. The number of allylic oxidation sites excluding steroid dienone is 4. The molecule has 0 fully saturated rings. The summed E-state index contributed by atoms with van der Waals surface area (Å²) < 4.78 is 45.1. The van der Waals surface area contributed by atoms with E-state index >= 15 is 0 Å². The third kappa shape index (κ3) is 6.36. The number of Topliss-reactive ketones (excluding diaryl/α,β-unsaturated/α-hetero) is 2. The van der Waals surface area contributed by atoms with Crippen molar-refractivity contribution in [1.82, 2.24) is 4.90 Å². The van der Waals surface area contributed by atoms with E-state index in [4.69, 9.17) is 4.74 Å². The van der Waals surface area contributed by atoms with Crippen LogP contribution < -0.4 is 4.74 Å². The molecule has 0 aromatic heterocycles. The standard InChI is InChI=1S/C33H33F3N2O7/c1-31(2)14-22-29(24(39)16-31)28(30-23(37(22)12-11-27(41)42)15-32(3,4)17-25(30)40)18-5-8-20(9-6-18)45-26-10-7-19(33(34,35)36)13-21(26)38(43)44/h5-10,13,28H,11-12,14-17H2,1-4H3,(H,41,42). The summed E-state index contributed by atoms with van der Waals surface area (Å²) in [6, 6.07) is 8.25. The van der Waals surface area contributed by atoms with Crippen molar-refractivity contribution >= 4 is 23.2 Å². The number of aliphatic carboxylic acids is 1. The molecule has 2 aliphatic carbocycles. The number of carboxylic acid groups (broad SMARTS) is 1. The van der Waals surface area contributed by atoms with Gasteiger partial charge >= 0.3 is 17.8 Å². The first-order valence-corrected chi connectivity index (χ1v) is 14.5. The lowest BCUT2D eigenvalue weighted by molar-refractivity contribution is -0.385. The molecule has 9 nitrogen and oxygen atoms in total. The minimum Gasteiger partial charge on any atom is -0.481 e. The molecule has 0 saturated carbocycles. The second-order valence-electron chi connectivity index (χ2n) is 13.4. The third-order valence-corrected chi connectivity index (χ3v) is 8.50. The Morgan fingerprint density at radius 3 is 1.96 bits per heavy atom. The van der Waals surface area contributed by atoms with Crippen molar-refractivity contribution in [2.75, 3.05) is 6.54 Å². The maximum atomic E-state index is 13.8. The Balaban J connectivity index is 1.59. The molecule has 0 saturated heterocycles. The molecule has 0 radical (unpaired) electrons. The van der Waals surface area contributed by atoms with Crippen LogP contribution in [0.5, 0.6) is 11.5 Å². The van der Waals surface area contributed by atoms with E-state index in [0.717, 1.165) is 6.07 Å². The first kappa shape index (κ1) is 31.9. The Kier molecular flexibility index (Phi) is 7.91. The van der Waals surface area contributed by atoms with Crippen molar-refractivity contribution in [3.63, 3.8) is 0 Å². The predicted octanol–water partition coefficient (Wildman–Crippen LogP) is 7.57. The molecule has 238 valence electrons. The van der Waals surface area contributed by atoms with Gasteiger partial charge in [-0.05, 0) is 53.5 Å². The fourth-order valence-electron chi connectivity index (χ4n) is 6.64. The van der Waals surface area contributed by atoms with Crippen LogP contribution in [0.1, 0.15) is 76.8 Å². The molecular formula is C33H33F3N2O7. The van der Waals surface area contributed by atoms with E-state index in [1.165, 1.54) is 12.1 Å². The van der Waals surface area contributed by atoms with Gasteiger partial charge in [0.05, 0.1) is 16.9 Å². The fourth-order valence-corrected chi connectivity index (χ4v) is 6.64. The number of nitro benzene ring substituents is 1. The maximum absolute atomic E-state index is 13.8. The van der Waals surface area contributed by atoms with Crippen molar-refractivity contribution in [3.8, 4) is 11.5 Å². The van der Waals surface area contributed by atoms with E-state index in [-0.39, 0.29) is 59.7 Å². The van der Waals surface area contributed by atoms with E-state index < -0.39 is 34.2 Å². The molecule has 45 heavy (non-hydrogen) atoms. The number of carbonyl (C=O) groups is 3. The van der Waals surface area contributed by atoms with Gasteiger partial charge < -0.3 is 14.7 Å². The highest BCUT2D eigenvalue weighted by molar-refractivity contribution is 6.06. The number of rotatable bonds is 7. The number of alkyl halides is 3. The van der Waals surface area contributed by atoms with E-state index in [1.807, 2.05) is 32.6 Å². The van der Waals surface area contributed by atoms with Crippen LogP contribution in [0.4, 0.5) is 18.9 Å². The van der Waals surface area contributed by atoms with E-state index in [0.29, 0.717) is 53.1 Å². The van der Waals surface area contributed by atoms with Crippen LogP contribution in [-0.4, -0.2) is 39.0 Å². The molecule has 2 aromatic carbocycles. The second kappa shape index (κ2) is 11.1. The monoisotopic (exact) mass is 626 g/mol. The number of carboxylic acids is 1. The first-order chi connectivity index (χ1) is 20.9. The number of nitrogens with zero attached hydrogens (tertiary/aromatic N) is 2. The minimum absolute atomic E-state index is 0.108. The summed E-state index contributed by atoms with van der Waals surface area (Å²) in [7, 11) is 0. The molecule has 0 amide bonds. The van der Waals surface area contributed by atoms with Crippen LogP contribution in [0.15, 0.2) is 65.0 Å². The topological polar surface area (TPSA) is 127 Å². The fraction of sp³-hybridized carbons (Fsp3) is 0.424. The number of hydrogen-bond acceptors (Lipinski definition) is 7. The van der Waals surface area contributed by atoms with Crippen molar-refractivity contribution < 1.29 is 42.3 Å². The summed E-state index contributed by atoms with van der Waals surface area (Å²) in [5, 5.41) is 21.0. The van der Waals surface area contributed by atoms with Gasteiger partial charge in [0.2, 0.25) is 5.75 Å². The Labute approximate surface area is 257 Å². The van der Waals surface area contributed by atoms with Gasteiger partial charge in [0.1, 0.15) is 5.75 Å². The van der Waals surface area contributed by atoms with Gasteiger partial charge in [-0.2, -0.15) is 13.2 Å². The lowest BCUT2D eigenvalue weighted by atomic mass is 9.63. The van der Waals surface area contributed by atoms with Crippen molar-refractivity contribution in [1.29, 1.82) is 0 Å². The van der Waals surface area contributed by atoms with Gasteiger partial charge in [0.25, 0.3) is 0 Å². The molecule has 0 bridgehead atoms. The van der Waals surface area contributed by atoms with Gasteiger partial charge in [-0.3, -0.25) is 24.5 Å². The summed E-state index contributed by atoms with van der Waals surface area (Å²) >= 11 is 0. The number of ketones is 2. The summed E-state index contributed by atoms with van der Waals surface area (Å²) in [6.45, 7) is 8.03. The smallest absolute Gasteiger partial charge is 0.416 e. The molecule has 3 aliphatic rings. The van der Waals surface area contributed by atoms with Crippen LogP contribution in [0, 0.1) is 20.9 Å². The summed E-state index contributed by atoms with van der Waals surface area (Å²) in [5.74, 6) is -2.23. The maximum Gasteiger partial charge on any atom is 0.416 e. The van der Waals surface area contributed by atoms with Gasteiger partial charge in [0.15, 0.2) is 11.6 Å². The van der Waals surface area contributed by atoms with Crippen molar-refractivity contribution in [2.45, 2.75) is 71.9 Å². The highest BCUT2D eigenvalue weighted by Crippen LogP contribution is 2.54. The number of hydrogen-bond donors (Lipinski definition) is 1. The molecule has 2 aromatic rings.